The van der Waals surface area contributed by atoms with Crippen molar-refractivity contribution >= 4 is 28.7 Å². The Hall–Kier alpha value is -2.46. The molecule has 0 aromatic carbocycles. The van der Waals surface area contributed by atoms with Crippen LogP contribution in [0.2, 0.25) is 0 Å². The lowest BCUT2D eigenvalue weighted by molar-refractivity contribution is -0.121. The van der Waals surface area contributed by atoms with E-state index < -0.39 is 0 Å². The molecule has 0 saturated carbocycles. The Morgan fingerprint density at radius 1 is 1.43 bits per heavy atom. The molecule has 2 aromatic rings. The van der Waals surface area contributed by atoms with E-state index in [9.17, 15) is 4.79 Å². The number of carbonyl (C=O) groups is 1. The molecule has 0 aliphatic heterocycles. The highest BCUT2D eigenvalue weighted by molar-refractivity contribution is 5.87. The van der Waals surface area contributed by atoms with Crippen LogP contribution in [0.15, 0.2) is 6.20 Å². The Morgan fingerprint density at radius 3 is 3.05 bits per heavy atom. The normalized spacial score (nSPS) is 10.6. The summed E-state index contributed by atoms with van der Waals surface area (Å²) in [6.45, 7) is 1.42. The minimum absolute atomic E-state index is 0.0609. The Labute approximate surface area is 120 Å². The molecular weight excluding hydrogens is 276 g/mol. The standard InChI is InChI=1S/C11H18N8O2/c1-21-5-4-13-8(20)2-3-14-9-7-6-15-19-10(7)17-11(16-9)18-12/h6H,2-5,12H2,1H3,(H,13,20)(H3,14,15,16,17,18,19). The van der Waals surface area contributed by atoms with Gasteiger partial charge in [-0.2, -0.15) is 15.1 Å². The van der Waals surface area contributed by atoms with Gasteiger partial charge in [0, 0.05) is 26.6 Å². The van der Waals surface area contributed by atoms with Gasteiger partial charge in [-0.3, -0.25) is 15.3 Å². The summed E-state index contributed by atoms with van der Waals surface area (Å²) in [5, 5.41) is 13.2. The number of methoxy groups -OCH3 is 1. The molecule has 114 valence electrons. The zero-order valence-electron chi connectivity index (χ0n) is 11.6. The number of anilines is 2. The number of aromatic amines is 1. The van der Waals surface area contributed by atoms with Crippen LogP contribution in [-0.2, 0) is 9.53 Å². The molecule has 2 aromatic heterocycles. The fourth-order valence-corrected chi connectivity index (χ4v) is 1.71. The second kappa shape index (κ2) is 7.36. The van der Waals surface area contributed by atoms with Crippen molar-refractivity contribution in [3.05, 3.63) is 6.20 Å². The highest BCUT2D eigenvalue weighted by Gasteiger charge is 2.09. The first-order valence-electron chi connectivity index (χ1n) is 6.42. The quantitative estimate of drug-likeness (QED) is 0.242. The Morgan fingerprint density at radius 2 is 2.29 bits per heavy atom. The van der Waals surface area contributed by atoms with Crippen LogP contribution in [0.5, 0.6) is 0 Å². The lowest BCUT2D eigenvalue weighted by Gasteiger charge is -2.08. The summed E-state index contributed by atoms with van der Waals surface area (Å²) in [5.74, 6) is 6.07. The second-order valence-electron chi connectivity index (χ2n) is 4.19. The van der Waals surface area contributed by atoms with Crippen molar-refractivity contribution in [3.63, 3.8) is 0 Å². The summed E-state index contributed by atoms with van der Waals surface area (Å²) in [5.41, 5.74) is 2.94. The largest absolute Gasteiger partial charge is 0.383 e. The van der Waals surface area contributed by atoms with E-state index in [-0.39, 0.29) is 11.9 Å². The molecule has 0 bridgehead atoms. The topological polar surface area (TPSA) is 143 Å². The molecule has 2 rings (SSSR count). The summed E-state index contributed by atoms with van der Waals surface area (Å²) in [4.78, 5) is 19.9. The summed E-state index contributed by atoms with van der Waals surface area (Å²) in [7, 11) is 1.59. The first kappa shape index (κ1) is 14.9. The third-order valence-corrected chi connectivity index (χ3v) is 2.71. The van der Waals surface area contributed by atoms with Gasteiger partial charge in [0.15, 0.2) is 5.65 Å². The summed E-state index contributed by atoms with van der Waals surface area (Å²) in [6.07, 6.45) is 1.93. The number of ether oxygens (including phenoxy) is 1. The SMILES string of the molecule is COCCNC(=O)CCNc1nc(NN)nc2[nH]ncc12. The van der Waals surface area contributed by atoms with E-state index in [0.29, 0.717) is 37.6 Å². The number of amides is 1. The van der Waals surface area contributed by atoms with Crippen LogP contribution in [0.25, 0.3) is 11.0 Å². The molecule has 0 atom stereocenters. The minimum atomic E-state index is -0.0609. The van der Waals surface area contributed by atoms with E-state index in [2.05, 4.69) is 36.2 Å². The molecule has 0 saturated heterocycles. The Kier molecular flexibility index (Phi) is 5.23. The fourth-order valence-electron chi connectivity index (χ4n) is 1.71. The van der Waals surface area contributed by atoms with Gasteiger partial charge >= 0.3 is 0 Å². The maximum Gasteiger partial charge on any atom is 0.241 e. The number of nitrogens with two attached hydrogens (primary N) is 1. The second-order valence-corrected chi connectivity index (χ2v) is 4.19. The van der Waals surface area contributed by atoms with Crippen molar-refractivity contribution in [2.45, 2.75) is 6.42 Å². The van der Waals surface area contributed by atoms with Crippen molar-refractivity contribution in [2.24, 2.45) is 5.84 Å². The molecular formula is C11H18N8O2. The van der Waals surface area contributed by atoms with Gasteiger partial charge in [-0.05, 0) is 0 Å². The maximum absolute atomic E-state index is 11.6. The van der Waals surface area contributed by atoms with Crippen LogP contribution in [0.4, 0.5) is 11.8 Å². The molecule has 0 spiro atoms. The number of H-pyrrole nitrogens is 1. The van der Waals surface area contributed by atoms with Gasteiger partial charge in [0.05, 0.1) is 18.2 Å². The van der Waals surface area contributed by atoms with Crippen molar-refractivity contribution in [3.8, 4) is 0 Å². The molecule has 6 N–H and O–H groups in total. The van der Waals surface area contributed by atoms with E-state index in [1.165, 1.54) is 0 Å². The Bertz CT molecular complexity index is 599. The third-order valence-electron chi connectivity index (χ3n) is 2.71. The third kappa shape index (κ3) is 4.00. The number of nitrogen functional groups attached to an aromatic ring is 1. The van der Waals surface area contributed by atoms with Gasteiger partial charge < -0.3 is 15.4 Å². The summed E-state index contributed by atoms with van der Waals surface area (Å²) in [6, 6.07) is 0. The number of fused-ring (bicyclic) bond motifs is 1. The summed E-state index contributed by atoms with van der Waals surface area (Å²) < 4.78 is 4.85. The van der Waals surface area contributed by atoms with Crippen molar-refractivity contribution in [1.29, 1.82) is 0 Å². The first-order valence-corrected chi connectivity index (χ1v) is 6.42. The van der Waals surface area contributed by atoms with Gasteiger partial charge in [0.25, 0.3) is 0 Å². The van der Waals surface area contributed by atoms with Gasteiger partial charge in [0.2, 0.25) is 11.9 Å². The average molecular weight is 294 g/mol. The predicted octanol–water partition coefficient (Wildman–Crippen LogP) is -0.797. The van der Waals surface area contributed by atoms with Gasteiger partial charge in [-0.15, -0.1) is 0 Å². The molecule has 21 heavy (non-hydrogen) atoms. The zero-order valence-corrected chi connectivity index (χ0v) is 11.6. The van der Waals surface area contributed by atoms with Crippen molar-refractivity contribution < 1.29 is 9.53 Å². The van der Waals surface area contributed by atoms with Crippen LogP contribution < -0.4 is 21.9 Å². The van der Waals surface area contributed by atoms with Gasteiger partial charge in [-0.1, -0.05) is 0 Å². The number of nitrogens with zero attached hydrogens (tertiary/aromatic N) is 3. The number of hydrogen-bond acceptors (Lipinski definition) is 8. The monoisotopic (exact) mass is 294 g/mol. The molecule has 2 heterocycles. The van der Waals surface area contributed by atoms with Crippen molar-refractivity contribution in [2.75, 3.05) is 37.5 Å². The van der Waals surface area contributed by atoms with Crippen LogP contribution in [0, 0.1) is 0 Å². The van der Waals surface area contributed by atoms with Gasteiger partial charge in [0.1, 0.15) is 5.82 Å². The molecule has 0 unspecified atom stereocenters. The predicted molar refractivity (Wildman–Crippen MR) is 77.5 cm³/mol. The van der Waals surface area contributed by atoms with Crippen LogP contribution >= 0.6 is 0 Å². The van der Waals surface area contributed by atoms with Crippen LogP contribution in [-0.4, -0.2) is 52.9 Å². The van der Waals surface area contributed by atoms with E-state index in [0.717, 1.165) is 5.39 Å². The molecule has 0 radical (unpaired) electrons. The number of nitrogens with one attached hydrogen (secondary N) is 4. The van der Waals surface area contributed by atoms with Crippen molar-refractivity contribution in [1.82, 2.24) is 25.5 Å². The van der Waals surface area contributed by atoms with Gasteiger partial charge in [-0.25, -0.2) is 5.84 Å². The van der Waals surface area contributed by atoms with E-state index in [1.807, 2.05) is 0 Å². The van der Waals surface area contributed by atoms with Crippen LogP contribution in [0.1, 0.15) is 6.42 Å². The van der Waals surface area contributed by atoms with E-state index in [4.69, 9.17) is 10.6 Å². The van der Waals surface area contributed by atoms with E-state index >= 15 is 0 Å². The Balaban J connectivity index is 1.91. The molecule has 0 aliphatic rings. The van der Waals surface area contributed by atoms with E-state index in [1.54, 1.807) is 13.3 Å². The van der Waals surface area contributed by atoms with Crippen LogP contribution in [0.3, 0.4) is 0 Å². The lowest BCUT2D eigenvalue weighted by atomic mass is 10.3. The highest BCUT2D eigenvalue weighted by Crippen LogP contribution is 2.19. The molecule has 0 aliphatic carbocycles. The molecule has 1 amide bonds. The maximum atomic E-state index is 11.6. The summed E-state index contributed by atoms with van der Waals surface area (Å²) >= 11 is 0. The first-order chi connectivity index (χ1) is 10.2. The molecule has 10 nitrogen and oxygen atoms in total. The smallest absolute Gasteiger partial charge is 0.241 e. The lowest BCUT2D eigenvalue weighted by Crippen LogP contribution is -2.28. The zero-order chi connectivity index (χ0) is 15.1. The highest BCUT2D eigenvalue weighted by atomic mass is 16.5. The fraction of sp³-hybridized carbons (Fsp3) is 0.455. The average Bonchev–Trinajstić information content (AvgIpc) is 2.95. The molecule has 10 heteroatoms. The number of hydrazine groups is 1. The number of carbonyl (C=O) groups excluding carboxylic acids is 1. The number of hydrogen-bond donors (Lipinski definition) is 5. The number of rotatable bonds is 8. The minimum Gasteiger partial charge on any atom is -0.383 e. The molecule has 0 fully saturated rings. The number of aromatic nitrogens is 4.